The number of benzene rings is 2. The third kappa shape index (κ3) is 5.93. The molecule has 3 nitrogen and oxygen atoms in total. The molecule has 1 aliphatic carbocycles. The molecule has 1 saturated carbocycles. The number of hydrogen-bond acceptors (Lipinski definition) is 3. The zero-order valence-corrected chi connectivity index (χ0v) is 18.3. The van der Waals surface area contributed by atoms with Crippen LogP contribution in [0.5, 0.6) is 11.5 Å². The van der Waals surface area contributed by atoms with Crippen molar-refractivity contribution in [2.24, 2.45) is 0 Å². The Labute approximate surface area is 182 Å². The summed E-state index contributed by atoms with van der Waals surface area (Å²) in [4.78, 5) is 0. The molecule has 0 aromatic heterocycles. The quantitative estimate of drug-likeness (QED) is 0.466. The fourth-order valence-corrected chi connectivity index (χ4v) is 4.30. The molecule has 0 unspecified atom stereocenters. The Hall–Kier alpha value is -1.13. The predicted molar refractivity (Wildman–Crippen MR) is 117 cm³/mol. The largest absolute Gasteiger partial charge is 0.493 e. The van der Waals surface area contributed by atoms with Crippen molar-refractivity contribution in [3.63, 3.8) is 0 Å². The van der Waals surface area contributed by atoms with Gasteiger partial charge in [-0.05, 0) is 42.7 Å². The van der Waals surface area contributed by atoms with Crippen LogP contribution < -0.4 is 14.8 Å². The standard InChI is InChI=1S/C22H26Cl3NO2/c1-27-21-11-15(13-26-18-6-4-2-3-5-7-18)10-20(25)22(21)28-14-16-8-9-17(23)12-19(16)24/h8-12,18,26H,2-7,13-14H2,1H3. The van der Waals surface area contributed by atoms with Crippen LogP contribution in [-0.2, 0) is 13.2 Å². The van der Waals surface area contributed by atoms with Gasteiger partial charge >= 0.3 is 0 Å². The summed E-state index contributed by atoms with van der Waals surface area (Å²) in [6.07, 6.45) is 7.80. The highest BCUT2D eigenvalue weighted by Crippen LogP contribution is 2.37. The lowest BCUT2D eigenvalue weighted by molar-refractivity contribution is 0.284. The van der Waals surface area contributed by atoms with Crippen LogP contribution in [0, 0.1) is 0 Å². The maximum atomic E-state index is 6.51. The molecule has 152 valence electrons. The molecule has 0 heterocycles. The first-order valence-electron chi connectivity index (χ1n) is 9.73. The van der Waals surface area contributed by atoms with E-state index in [2.05, 4.69) is 5.32 Å². The molecule has 1 N–H and O–H groups in total. The molecule has 1 fully saturated rings. The lowest BCUT2D eigenvalue weighted by Gasteiger charge is -2.18. The molecule has 0 spiro atoms. The first-order chi connectivity index (χ1) is 13.6. The summed E-state index contributed by atoms with van der Waals surface area (Å²) in [5.74, 6) is 1.14. The van der Waals surface area contributed by atoms with Crippen molar-refractivity contribution in [1.29, 1.82) is 0 Å². The molecule has 0 amide bonds. The fourth-order valence-electron chi connectivity index (χ4n) is 3.55. The minimum absolute atomic E-state index is 0.283. The van der Waals surface area contributed by atoms with Gasteiger partial charge in [0.1, 0.15) is 6.61 Å². The molecule has 0 saturated heterocycles. The summed E-state index contributed by atoms with van der Waals surface area (Å²) in [7, 11) is 1.62. The number of halogens is 3. The number of rotatable bonds is 7. The SMILES string of the molecule is COc1cc(CNC2CCCCCC2)cc(Cl)c1OCc1ccc(Cl)cc1Cl. The van der Waals surface area contributed by atoms with Crippen molar-refractivity contribution in [2.75, 3.05) is 7.11 Å². The fraction of sp³-hybridized carbons (Fsp3) is 0.455. The second-order valence-corrected chi connectivity index (χ2v) is 8.45. The summed E-state index contributed by atoms with van der Waals surface area (Å²) < 4.78 is 11.5. The van der Waals surface area contributed by atoms with E-state index in [0.717, 1.165) is 17.7 Å². The molecule has 2 aromatic rings. The molecule has 0 radical (unpaired) electrons. The van der Waals surface area contributed by atoms with Gasteiger partial charge in [-0.1, -0.05) is 66.6 Å². The van der Waals surface area contributed by atoms with Crippen LogP contribution in [0.3, 0.4) is 0 Å². The number of hydrogen-bond donors (Lipinski definition) is 1. The Bertz CT molecular complexity index is 790. The Morgan fingerprint density at radius 3 is 2.39 bits per heavy atom. The van der Waals surface area contributed by atoms with Crippen molar-refractivity contribution in [1.82, 2.24) is 5.32 Å². The van der Waals surface area contributed by atoms with E-state index < -0.39 is 0 Å². The lowest BCUT2D eigenvalue weighted by Crippen LogP contribution is -2.27. The molecular weight excluding hydrogens is 417 g/mol. The van der Waals surface area contributed by atoms with Gasteiger partial charge in [0.15, 0.2) is 11.5 Å². The average Bonchev–Trinajstić information content (AvgIpc) is 2.95. The van der Waals surface area contributed by atoms with Gasteiger partial charge in [-0.2, -0.15) is 0 Å². The normalized spacial score (nSPS) is 15.3. The van der Waals surface area contributed by atoms with Gasteiger partial charge in [-0.15, -0.1) is 0 Å². The van der Waals surface area contributed by atoms with E-state index in [1.807, 2.05) is 18.2 Å². The molecule has 2 aromatic carbocycles. The van der Waals surface area contributed by atoms with Crippen LogP contribution >= 0.6 is 34.8 Å². The Balaban J connectivity index is 1.66. The van der Waals surface area contributed by atoms with Crippen LogP contribution in [0.1, 0.15) is 49.7 Å². The highest BCUT2D eigenvalue weighted by Gasteiger charge is 2.15. The van der Waals surface area contributed by atoms with Crippen LogP contribution in [0.4, 0.5) is 0 Å². The third-order valence-corrected chi connectivity index (χ3v) is 5.99. The van der Waals surface area contributed by atoms with Crippen molar-refractivity contribution in [3.05, 3.63) is 56.5 Å². The van der Waals surface area contributed by atoms with Crippen LogP contribution in [-0.4, -0.2) is 13.2 Å². The topological polar surface area (TPSA) is 30.5 Å². The van der Waals surface area contributed by atoms with E-state index in [-0.39, 0.29) is 6.61 Å². The second kappa shape index (κ2) is 10.6. The molecule has 3 rings (SSSR count). The molecule has 0 aliphatic heterocycles. The van der Waals surface area contributed by atoms with Crippen molar-refractivity contribution in [3.8, 4) is 11.5 Å². The van der Waals surface area contributed by atoms with Crippen LogP contribution in [0.2, 0.25) is 15.1 Å². The predicted octanol–water partition coefficient (Wildman–Crippen LogP) is 7.05. The van der Waals surface area contributed by atoms with E-state index in [9.17, 15) is 0 Å². The second-order valence-electron chi connectivity index (χ2n) is 7.20. The van der Waals surface area contributed by atoms with Gasteiger partial charge in [0, 0.05) is 28.2 Å². The van der Waals surface area contributed by atoms with Crippen molar-refractivity contribution >= 4 is 34.8 Å². The summed E-state index contributed by atoms with van der Waals surface area (Å²) in [5, 5.41) is 5.35. The minimum atomic E-state index is 0.283. The summed E-state index contributed by atoms with van der Waals surface area (Å²) >= 11 is 18.7. The highest BCUT2D eigenvalue weighted by atomic mass is 35.5. The van der Waals surface area contributed by atoms with E-state index in [0.29, 0.717) is 32.6 Å². The maximum absolute atomic E-state index is 6.51. The molecule has 0 atom stereocenters. The van der Waals surface area contributed by atoms with Gasteiger partial charge in [0.25, 0.3) is 0 Å². The Morgan fingerprint density at radius 1 is 0.964 bits per heavy atom. The minimum Gasteiger partial charge on any atom is -0.493 e. The first kappa shape index (κ1) is 21.6. The maximum Gasteiger partial charge on any atom is 0.180 e. The molecule has 6 heteroatoms. The smallest absolute Gasteiger partial charge is 0.180 e. The van der Waals surface area contributed by atoms with E-state index >= 15 is 0 Å². The number of nitrogens with one attached hydrogen (secondary N) is 1. The summed E-state index contributed by atoms with van der Waals surface area (Å²) in [5.41, 5.74) is 1.92. The van der Waals surface area contributed by atoms with Gasteiger partial charge in [-0.3, -0.25) is 0 Å². The van der Waals surface area contributed by atoms with Crippen molar-refractivity contribution < 1.29 is 9.47 Å². The summed E-state index contributed by atoms with van der Waals surface area (Å²) in [6, 6.07) is 9.82. The third-order valence-electron chi connectivity index (χ3n) is 5.13. The molecular formula is C22H26Cl3NO2. The zero-order chi connectivity index (χ0) is 19.9. The van der Waals surface area contributed by atoms with Crippen molar-refractivity contribution in [2.45, 2.75) is 57.7 Å². The average molecular weight is 443 g/mol. The van der Waals surface area contributed by atoms with E-state index in [4.69, 9.17) is 44.3 Å². The Morgan fingerprint density at radius 2 is 1.71 bits per heavy atom. The van der Waals surface area contributed by atoms with Gasteiger partial charge in [0.2, 0.25) is 0 Å². The van der Waals surface area contributed by atoms with Crippen LogP contribution in [0.15, 0.2) is 30.3 Å². The van der Waals surface area contributed by atoms with Gasteiger partial charge < -0.3 is 14.8 Å². The first-order valence-corrected chi connectivity index (χ1v) is 10.9. The summed E-state index contributed by atoms with van der Waals surface area (Å²) in [6.45, 7) is 1.05. The lowest BCUT2D eigenvalue weighted by atomic mass is 10.1. The molecule has 0 bridgehead atoms. The zero-order valence-electron chi connectivity index (χ0n) is 16.1. The van der Waals surface area contributed by atoms with Gasteiger partial charge in [0.05, 0.1) is 12.1 Å². The van der Waals surface area contributed by atoms with Crippen LogP contribution in [0.25, 0.3) is 0 Å². The molecule has 28 heavy (non-hydrogen) atoms. The van der Waals surface area contributed by atoms with Gasteiger partial charge in [-0.25, -0.2) is 0 Å². The number of ether oxygens (including phenoxy) is 2. The Kier molecular flexibility index (Phi) is 8.16. The molecule has 1 aliphatic rings. The monoisotopic (exact) mass is 441 g/mol. The van der Waals surface area contributed by atoms with E-state index in [1.165, 1.54) is 38.5 Å². The highest BCUT2D eigenvalue weighted by molar-refractivity contribution is 6.35. The van der Waals surface area contributed by atoms with E-state index in [1.54, 1.807) is 19.2 Å². The number of methoxy groups -OCH3 is 1.